The average Bonchev–Trinajstić information content (AvgIpc) is 2.36. The number of hydrogen-bond acceptors (Lipinski definition) is 1. The van der Waals surface area contributed by atoms with E-state index in [1.54, 1.807) is 12.1 Å². The highest BCUT2D eigenvalue weighted by Gasteiger charge is 2.00. The number of hydrogen-bond donors (Lipinski definition) is 0. The minimum atomic E-state index is 0. The van der Waals surface area contributed by atoms with Crippen molar-refractivity contribution in [3.63, 3.8) is 0 Å². The maximum Gasteiger partial charge on any atom is 0.120 e. The van der Waals surface area contributed by atoms with Gasteiger partial charge in [0.2, 0.25) is 0 Å². The maximum atomic E-state index is 5.92. The molecule has 0 N–H and O–H groups in total. The van der Waals surface area contributed by atoms with Crippen LogP contribution in [-0.2, 0) is 6.42 Å². The van der Waals surface area contributed by atoms with E-state index in [0.29, 0.717) is 16.7 Å². The number of ether oxygens (including phenoxy) is 1. The van der Waals surface area contributed by atoms with Crippen molar-refractivity contribution in [1.82, 2.24) is 0 Å². The lowest BCUT2D eigenvalue weighted by Crippen LogP contribution is -2.01. The Bertz CT molecular complexity index is 526. The van der Waals surface area contributed by atoms with E-state index in [0.717, 1.165) is 12.2 Å². The molecule has 2 aromatic rings. The zero-order valence-corrected chi connectivity index (χ0v) is 14.1. The molecule has 0 aliphatic rings. The Balaban J connectivity index is 0.00000180. The molecule has 20 heavy (non-hydrogen) atoms. The summed E-state index contributed by atoms with van der Waals surface area (Å²) in [6.45, 7) is 2.71. The first-order valence-corrected chi connectivity index (χ1v) is 6.54. The smallest absolute Gasteiger partial charge is 0.120 e. The molecule has 0 saturated carbocycles. The minimum absolute atomic E-state index is 0. The van der Waals surface area contributed by atoms with Gasteiger partial charge in [-0.05, 0) is 24.6 Å². The van der Waals surface area contributed by atoms with Gasteiger partial charge in [-0.25, -0.2) is 0 Å². The van der Waals surface area contributed by atoms with Gasteiger partial charge in [0.25, 0.3) is 0 Å². The Morgan fingerprint density at radius 2 is 1.55 bits per heavy atom. The zero-order chi connectivity index (χ0) is 13.0. The molecule has 0 aromatic heterocycles. The van der Waals surface area contributed by atoms with E-state index in [2.05, 4.69) is 31.2 Å². The lowest BCUT2D eigenvalue weighted by molar-refractivity contribution is 0.322. The van der Waals surface area contributed by atoms with Gasteiger partial charge in [-0.3, -0.25) is 0 Å². The van der Waals surface area contributed by atoms with E-state index in [1.165, 1.54) is 11.1 Å². The summed E-state index contributed by atoms with van der Waals surface area (Å²) in [6, 6.07) is 13.7. The second-order valence-corrected chi connectivity index (χ2v) is 4.97. The highest BCUT2D eigenvalue weighted by atomic mass is 35.5. The molecule has 2 aromatic carbocycles. The molecule has 0 radical (unpaired) electrons. The fourth-order valence-corrected chi connectivity index (χ4v) is 1.90. The molecule has 0 aliphatic heterocycles. The fraction of sp³-hybridized carbons (Fsp3) is 0.200. The summed E-state index contributed by atoms with van der Waals surface area (Å²) in [5, 5.41) is 1.06. The van der Waals surface area contributed by atoms with Crippen LogP contribution in [0.5, 0.6) is 5.75 Å². The summed E-state index contributed by atoms with van der Waals surface area (Å²) in [7, 11) is 0. The van der Waals surface area contributed by atoms with Crippen molar-refractivity contribution in [3.8, 4) is 5.75 Å². The molecule has 2 rings (SSSR count). The molecular formula is C15H16Cl4O. The second-order valence-electron chi connectivity index (χ2n) is 4.16. The molecule has 0 heterocycles. The van der Waals surface area contributed by atoms with Crippen LogP contribution >= 0.6 is 48.0 Å². The van der Waals surface area contributed by atoms with Gasteiger partial charge in [0.15, 0.2) is 0 Å². The average molecular weight is 354 g/mol. The molecule has 0 fully saturated rings. The number of benzene rings is 2. The van der Waals surface area contributed by atoms with Gasteiger partial charge in [0.05, 0.1) is 16.7 Å². The van der Waals surface area contributed by atoms with E-state index in [4.69, 9.17) is 27.9 Å². The standard InChI is InChI=1S/C15H14Cl2O.2ClH/c1-11-2-4-12(5-3-11)8-9-18-13-6-7-14(16)15(17)10-13;;/h2-7,10H,8-9H2,1H3;2*1H. The predicted molar refractivity (Wildman–Crippen MR) is 91.3 cm³/mol. The highest BCUT2D eigenvalue weighted by Crippen LogP contribution is 2.26. The molecule has 1 nitrogen and oxygen atoms in total. The van der Waals surface area contributed by atoms with E-state index in [9.17, 15) is 0 Å². The van der Waals surface area contributed by atoms with Crippen molar-refractivity contribution >= 4 is 48.0 Å². The summed E-state index contributed by atoms with van der Waals surface area (Å²) in [5.41, 5.74) is 2.53. The predicted octanol–water partition coefficient (Wildman–Crippen LogP) is 5.77. The van der Waals surface area contributed by atoms with Crippen molar-refractivity contribution in [1.29, 1.82) is 0 Å². The summed E-state index contributed by atoms with van der Waals surface area (Å²) < 4.78 is 5.63. The Morgan fingerprint density at radius 3 is 2.15 bits per heavy atom. The first kappa shape index (κ1) is 19.4. The van der Waals surface area contributed by atoms with E-state index >= 15 is 0 Å². The fourth-order valence-electron chi connectivity index (χ4n) is 1.61. The van der Waals surface area contributed by atoms with Crippen molar-refractivity contribution < 1.29 is 4.74 Å². The van der Waals surface area contributed by atoms with Gasteiger partial charge >= 0.3 is 0 Å². The Hall–Kier alpha value is -0.600. The van der Waals surface area contributed by atoms with Crippen molar-refractivity contribution in [2.24, 2.45) is 0 Å². The first-order chi connectivity index (χ1) is 8.65. The van der Waals surface area contributed by atoms with Crippen LogP contribution in [0.3, 0.4) is 0 Å². The summed E-state index contributed by atoms with van der Waals surface area (Å²) >= 11 is 11.8. The van der Waals surface area contributed by atoms with Crippen LogP contribution in [0.2, 0.25) is 10.0 Å². The molecule has 0 spiro atoms. The van der Waals surface area contributed by atoms with Crippen LogP contribution in [0, 0.1) is 6.92 Å². The van der Waals surface area contributed by atoms with Gasteiger partial charge in [0.1, 0.15) is 5.75 Å². The number of halogens is 4. The Labute approximate surface area is 142 Å². The maximum absolute atomic E-state index is 5.92. The van der Waals surface area contributed by atoms with Crippen LogP contribution in [-0.4, -0.2) is 6.61 Å². The molecule has 0 saturated heterocycles. The van der Waals surface area contributed by atoms with E-state index in [-0.39, 0.29) is 24.8 Å². The normalized spacial score (nSPS) is 9.35. The molecule has 0 amide bonds. The third kappa shape index (κ3) is 5.80. The first-order valence-electron chi connectivity index (χ1n) is 5.78. The second kappa shape index (κ2) is 9.36. The van der Waals surface area contributed by atoms with Crippen molar-refractivity contribution in [2.45, 2.75) is 13.3 Å². The number of rotatable bonds is 4. The van der Waals surface area contributed by atoms with Crippen LogP contribution in [0.25, 0.3) is 0 Å². The lowest BCUT2D eigenvalue weighted by atomic mass is 10.1. The minimum Gasteiger partial charge on any atom is -0.493 e. The molecule has 0 unspecified atom stereocenters. The third-order valence-corrected chi connectivity index (χ3v) is 3.41. The molecule has 110 valence electrons. The Morgan fingerprint density at radius 1 is 0.900 bits per heavy atom. The van der Waals surface area contributed by atoms with E-state index < -0.39 is 0 Å². The SMILES string of the molecule is Cc1ccc(CCOc2ccc(Cl)c(Cl)c2)cc1.Cl.Cl. The van der Waals surface area contributed by atoms with Gasteiger partial charge < -0.3 is 4.74 Å². The quantitative estimate of drug-likeness (QED) is 0.678. The van der Waals surface area contributed by atoms with Gasteiger partial charge in [0, 0.05) is 12.5 Å². The molecule has 0 bridgehead atoms. The van der Waals surface area contributed by atoms with Crippen LogP contribution < -0.4 is 4.74 Å². The van der Waals surface area contributed by atoms with Gasteiger partial charge in [-0.15, -0.1) is 24.8 Å². The Kier molecular flexibility index (Phi) is 9.08. The monoisotopic (exact) mass is 352 g/mol. The van der Waals surface area contributed by atoms with E-state index in [1.807, 2.05) is 6.07 Å². The van der Waals surface area contributed by atoms with Crippen molar-refractivity contribution in [2.75, 3.05) is 6.61 Å². The summed E-state index contributed by atoms with van der Waals surface area (Å²) in [5.74, 6) is 0.747. The topological polar surface area (TPSA) is 9.23 Å². The number of aryl methyl sites for hydroxylation is 1. The summed E-state index contributed by atoms with van der Waals surface area (Å²) in [4.78, 5) is 0. The van der Waals surface area contributed by atoms with Crippen LogP contribution in [0.4, 0.5) is 0 Å². The molecule has 0 atom stereocenters. The third-order valence-electron chi connectivity index (χ3n) is 2.67. The zero-order valence-electron chi connectivity index (χ0n) is 10.9. The molecular weight excluding hydrogens is 338 g/mol. The lowest BCUT2D eigenvalue weighted by Gasteiger charge is -2.07. The summed E-state index contributed by atoms with van der Waals surface area (Å²) in [6.07, 6.45) is 0.876. The largest absolute Gasteiger partial charge is 0.493 e. The molecule has 0 aliphatic carbocycles. The van der Waals surface area contributed by atoms with Gasteiger partial charge in [-0.2, -0.15) is 0 Å². The van der Waals surface area contributed by atoms with Crippen LogP contribution in [0.15, 0.2) is 42.5 Å². The highest BCUT2D eigenvalue weighted by molar-refractivity contribution is 6.42. The molecule has 5 heteroatoms. The van der Waals surface area contributed by atoms with Crippen LogP contribution in [0.1, 0.15) is 11.1 Å². The van der Waals surface area contributed by atoms with Gasteiger partial charge in [-0.1, -0.05) is 53.0 Å². The van der Waals surface area contributed by atoms with Crippen molar-refractivity contribution in [3.05, 3.63) is 63.6 Å².